The van der Waals surface area contributed by atoms with Gasteiger partial charge in [-0.2, -0.15) is 0 Å². The van der Waals surface area contributed by atoms with Crippen LogP contribution in [0.3, 0.4) is 0 Å². The zero-order chi connectivity index (χ0) is 18.1. The highest BCUT2D eigenvalue weighted by molar-refractivity contribution is 5.80. The lowest BCUT2D eigenvalue weighted by atomic mass is 10.1. The molecule has 0 aromatic heterocycles. The van der Waals surface area contributed by atoms with Crippen molar-refractivity contribution >= 4 is 5.96 Å². The Balaban J connectivity index is 1.76. The third-order valence-corrected chi connectivity index (χ3v) is 5.58. The first-order valence-corrected chi connectivity index (χ1v) is 10.4. The molecule has 0 aromatic rings. The summed E-state index contributed by atoms with van der Waals surface area (Å²) in [6.45, 7) is 16.1. The number of nitrogens with zero attached hydrogens (tertiary/aromatic N) is 4. The van der Waals surface area contributed by atoms with Crippen molar-refractivity contribution in [1.29, 1.82) is 0 Å². The molecule has 2 heterocycles. The zero-order valence-electron chi connectivity index (χ0n) is 16.6. The van der Waals surface area contributed by atoms with Crippen molar-refractivity contribution in [2.75, 3.05) is 58.9 Å². The first-order valence-electron chi connectivity index (χ1n) is 10.4. The van der Waals surface area contributed by atoms with Crippen molar-refractivity contribution in [3.63, 3.8) is 0 Å². The van der Waals surface area contributed by atoms with Crippen LogP contribution in [0.15, 0.2) is 4.99 Å². The van der Waals surface area contributed by atoms with E-state index in [-0.39, 0.29) is 6.10 Å². The number of likely N-dealkylation sites (N-methyl/N-ethyl adjacent to an activating group) is 1. The lowest BCUT2D eigenvalue weighted by Crippen LogP contribution is -2.43. The molecule has 25 heavy (non-hydrogen) atoms. The van der Waals surface area contributed by atoms with E-state index < -0.39 is 0 Å². The average molecular weight is 354 g/mol. The molecule has 2 aliphatic rings. The van der Waals surface area contributed by atoms with Gasteiger partial charge in [-0.05, 0) is 52.2 Å². The molecule has 0 radical (unpaired) electrons. The zero-order valence-corrected chi connectivity index (χ0v) is 16.6. The average Bonchev–Trinajstić information content (AvgIpc) is 3.10. The minimum atomic E-state index is -0.0800. The molecule has 0 aliphatic carbocycles. The van der Waals surface area contributed by atoms with Gasteiger partial charge in [0.15, 0.2) is 5.96 Å². The van der Waals surface area contributed by atoms with Gasteiger partial charge in [0.05, 0.1) is 6.10 Å². The fraction of sp³-hybridized carbons (Fsp3) is 0.947. The Morgan fingerprint density at radius 3 is 2.48 bits per heavy atom. The van der Waals surface area contributed by atoms with Gasteiger partial charge in [0, 0.05) is 45.3 Å². The molecule has 0 spiro atoms. The molecule has 2 saturated heterocycles. The number of rotatable bonds is 8. The van der Waals surface area contributed by atoms with Gasteiger partial charge in [-0.15, -0.1) is 0 Å². The maximum atomic E-state index is 9.58. The Bertz CT molecular complexity index is 391. The summed E-state index contributed by atoms with van der Waals surface area (Å²) in [6, 6.07) is 0.665. The SMILES string of the molecule is CCNC(=NCCCN1CCC(O)CC1)N1CCC(N(CC)CC)C1. The van der Waals surface area contributed by atoms with E-state index in [1.807, 2.05) is 0 Å². The van der Waals surface area contributed by atoms with Gasteiger partial charge in [-0.25, -0.2) is 0 Å². The van der Waals surface area contributed by atoms with Crippen LogP contribution in [0.1, 0.15) is 46.5 Å². The highest BCUT2D eigenvalue weighted by Crippen LogP contribution is 2.15. The summed E-state index contributed by atoms with van der Waals surface area (Å²) >= 11 is 0. The second-order valence-electron chi connectivity index (χ2n) is 7.27. The number of guanidine groups is 1. The predicted molar refractivity (Wildman–Crippen MR) is 105 cm³/mol. The van der Waals surface area contributed by atoms with Gasteiger partial charge < -0.3 is 20.2 Å². The summed E-state index contributed by atoms with van der Waals surface area (Å²) in [5.74, 6) is 1.09. The van der Waals surface area contributed by atoms with Crippen LogP contribution in [-0.2, 0) is 0 Å². The largest absolute Gasteiger partial charge is 0.393 e. The molecule has 1 atom stereocenters. The van der Waals surface area contributed by atoms with Crippen LogP contribution in [0, 0.1) is 0 Å². The van der Waals surface area contributed by atoms with E-state index in [2.05, 4.69) is 40.8 Å². The number of nitrogens with one attached hydrogen (secondary N) is 1. The topological polar surface area (TPSA) is 54.3 Å². The van der Waals surface area contributed by atoms with E-state index in [0.717, 1.165) is 84.1 Å². The number of aliphatic imine (C=N–C) groups is 1. The van der Waals surface area contributed by atoms with Crippen molar-refractivity contribution in [2.24, 2.45) is 4.99 Å². The molecule has 146 valence electrons. The smallest absolute Gasteiger partial charge is 0.193 e. The van der Waals surface area contributed by atoms with E-state index in [0.29, 0.717) is 6.04 Å². The Labute approximate surface area is 154 Å². The standard InChI is InChI=1S/C19H39N5O/c1-4-20-19(24-15-8-17(16-24)23(5-2)6-3)21-11-7-12-22-13-9-18(25)10-14-22/h17-18,25H,4-16H2,1-3H3,(H,20,21). The number of piperidine rings is 1. The summed E-state index contributed by atoms with van der Waals surface area (Å²) in [4.78, 5) is 12.3. The Morgan fingerprint density at radius 1 is 1.12 bits per heavy atom. The molecule has 2 aliphatic heterocycles. The van der Waals surface area contributed by atoms with Crippen molar-refractivity contribution in [1.82, 2.24) is 20.0 Å². The number of hydrogen-bond acceptors (Lipinski definition) is 4. The third kappa shape index (κ3) is 6.42. The molecular formula is C19H39N5O. The first-order chi connectivity index (χ1) is 12.2. The van der Waals surface area contributed by atoms with Crippen molar-refractivity contribution < 1.29 is 5.11 Å². The van der Waals surface area contributed by atoms with Gasteiger partial charge in [0.2, 0.25) is 0 Å². The Kier molecular flexibility index (Phi) is 8.99. The summed E-state index contributed by atoms with van der Waals surface area (Å²) in [6.07, 6.45) is 4.10. The third-order valence-electron chi connectivity index (χ3n) is 5.58. The molecule has 6 nitrogen and oxygen atoms in total. The van der Waals surface area contributed by atoms with Crippen LogP contribution in [0.25, 0.3) is 0 Å². The van der Waals surface area contributed by atoms with E-state index in [9.17, 15) is 5.11 Å². The quantitative estimate of drug-likeness (QED) is 0.390. The molecule has 2 rings (SSSR count). The van der Waals surface area contributed by atoms with E-state index in [4.69, 9.17) is 4.99 Å². The van der Waals surface area contributed by atoms with Gasteiger partial charge in [-0.1, -0.05) is 13.8 Å². The fourth-order valence-electron chi connectivity index (χ4n) is 4.02. The molecule has 2 fully saturated rings. The van der Waals surface area contributed by atoms with Crippen molar-refractivity contribution in [2.45, 2.75) is 58.6 Å². The maximum absolute atomic E-state index is 9.58. The van der Waals surface area contributed by atoms with E-state index in [1.54, 1.807) is 0 Å². The molecule has 6 heteroatoms. The highest BCUT2D eigenvalue weighted by Gasteiger charge is 2.27. The number of likely N-dealkylation sites (tertiary alicyclic amines) is 2. The molecule has 1 unspecified atom stereocenters. The lowest BCUT2D eigenvalue weighted by molar-refractivity contribution is 0.0824. The van der Waals surface area contributed by atoms with Gasteiger partial charge in [-0.3, -0.25) is 9.89 Å². The monoisotopic (exact) mass is 353 g/mol. The molecule has 0 saturated carbocycles. The van der Waals surface area contributed by atoms with E-state index in [1.165, 1.54) is 6.42 Å². The van der Waals surface area contributed by atoms with Gasteiger partial charge >= 0.3 is 0 Å². The molecular weight excluding hydrogens is 314 g/mol. The lowest BCUT2D eigenvalue weighted by Gasteiger charge is -2.29. The first kappa shape index (κ1) is 20.5. The fourth-order valence-corrected chi connectivity index (χ4v) is 4.02. The summed E-state index contributed by atoms with van der Waals surface area (Å²) in [7, 11) is 0. The van der Waals surface area contributed by atoms with Crippen molar-refractivity contribution in [3.05, 3.63) is 0 Å². The van der Waals surface area contributed by atoms with E-state index >= 15 is 0 Å². The Hall–Kier alpha value is -0.850. The van der Waals surface area contributed by atoms with Crippen molar-refractivity contribution in [3.8, 4) is 0 Å². The summed E-state index contributed by atoms with van der Waals surface area (Å²) < 4.78 is 0. The summed E-state index contributed by atoms with van der Waals surface area (Å²) in [5.41, 5.74) is 0. The molecule has 0 amide bonds. The molecule has 0 bridgehead atoms. The highest BCUT2D eigenvalue weighted by atomic mass is 16.3. The molecule has 2 N–H and O–H groups in total. The van der Waals surface area contributed by atoms with Gasteiger partial charge in [0.25, 0.3) is 0 Å². The van der Waals surface area contributed by atoms with Crippen LogP contribution in [-0.4, -0.2) is 96.8 Å². The normalized spacial score (nSPS) is 23.6. The van der Waals surface area contributed by atoms with Crippen LogP contribution in [0.5, 0.6) is 0 Å². The maximum Gasteiger partial charge on any atom is 0.193 e. The van der Waals surface area contributed by atoms with Crippen LogP contribution < -0.4 is 5.32 Å². The van der Waals surface area contributed by atoms with Crippen LogP contribution in [0.4, 0.5) is 0 Å². The number of hydrogen-bond donors (Lipinski definition) is 2. The van der Waals surface area contributed by atoms with Crippen LogP contribution >= 0.6 is 0 Å². The molecule has 0 aromatic carbocycles. The minimum Gasteiger partial charge on any atom is -0.393 e. The Morgan fingerprint density at radius 2 is 1.84 bits per heavy atom. The second kappa shape index (κ2) is 11.0. The summed E-state index contributed by atoms with van der Waals surface area (Å²) in [5, 5.41) is 13.1. The minimum absolute atomic E-state index is 0.0800. The van der Waals surface area contributed by atoms with Crippen LogP contribution in [0.2, 0.25) is 0 Å². The second-order valence-corrected chi connectivity index (χ2v) is 7.27. The van der Waals surface area contributed by atoms with Gasteiger partial charge in [0.1, 0.15) is 0 Å². The predicted octanol–water partition coefficient (Wildman–Crippen LogP) is 1.21. The number of aliphatic hydroxyl groups excluding tert-OH is 1. The number of aliphatic hydroxyl groups is 1.